The molecule has 3 rings (SSSR count). The molecule has 1 aromatic heterocycles. The van der Waals surface area contributed by atoms with Gasteiger partial charge in [-0.3, -0.25) is 4.79 Å². The molecule has 2 amide bonds. The van der Waals surface area contributed by atoms with Gasteiger partial charge in [-0.05, 0) is 19.1 Å². The molecule has 6 nitrogen and oxygen atoms in total. The van der Waals surface area contributed by atoms with Crippen LogP contribution < -0.4 is 20.9 Å². The average Bonchev–Trinajstić information content (AvgIpc) is 2.65. The molecule has 1 heterocycles. The van der Waals surface area contributed by atoms with Crippen molar-refractivity contribution >= 4 is 22.5 Å². The molecule has 134 valence electrons. The van der Waals surface area contributed by atoms with Crippen LogP contribution in [0.15, 0.2) is 59.5 Å². The minimum Gasteiger partial charge on any atom is -0.494 e. The van der Waals surface area contributed by atoms with Crippen LogP contribution in [0.5, 0.6) is 5.75 Å². The second-order valence-corrected chi connectivity index (χ2v) is 5.85. The average molecular weight is 351 g/mol. The van der Waals surface area contributed by atoms with E-state index < -0.39 is 0 Å². The number of carbonyl (C=O) groups is 1. The van der Waals surface area contributed by atoms with E-state index >= 15 is 0 Å². The second-order valence-electron chi connectivity index (χ2n) is 5.85. The Bertz CT molecular complexity index is 995. The SMILES string of the molecule is CCOc1ccccc1CNC(=O)Nc1cn(C)c(=O)c2ccccc12. The fraction of sp³-hybridized carbons (Fsp3) is 0.200. The number of aromatic nitrogens is 1. The predicted octanol–water partition coefficient (Wildman–Crippen LogP) is 3.26. The lowest BCUT2D eigenvalue weighted by atomic mass is 10.1. The summed E-state index contributed by atoms with van der Waals surface area (Å²) >= 11 is 0. The fourth-order valence-corrected chi connectivity index (χ4v) is 2.80. The number of rotatable bonds is 5. The van der Waals surface area contributed by atoms with Gasteiger partial charge in [0.25, 0.3) is 5.56 Å². The van der Waals surface area contributed by atoms with Gasteiger partial charge in [0.2, 0.25) is 0 Å². The number of hydrogen-bond acceptors (Lipinski definition) is 3. The summed E-state index contributed by atoms with van der Waals surface area (Å²) in [5.74, 6) is 0.753. The van der Waals surface area contributed by atoms with E-state index in [0.717, 1.165) is 11.3 Å². The highest BCUT2D eigenvalue weighted by Crippen LogP contribution is 2.20. The smallest absolute Gasteiger partial charge is 0.319 e. The van der Waals surface area contributed by atoms with Crippen LogP contribution in [-0.4, -0.2) is 17.2 Å². The number of para-hydroxylation sites is 1. The number of hydrogen-bond donors (Lipinski definition) is 2. The Kier molecular flexibility index (Phi) is 5.22. The van der Waals surface area contributed by atoms with Crippen molar-refractivity contribution in [1.29, 1.82) is 0 Å². The van der Waals surface area contributed by atoms with E-state index in [0.29, 0.717) is 29.6 Å². The number of benzene rings is 2. The van der Waals surface area contributed by atoms with Crippen molar-refractivity contribution < 1.29 is 9.53 Å². The van der Waals surface area contributed by atoms with E-state index in [-0.39, 0.29) is 11.6 Å². The first kappa shape index (κ1) is 17.5. The quantitative estimate of drug-likeness (QED) is 0.741. The lowest BCUT2D eigenvalue weighted by molar-refractivity contribution is 0.251. The van der Waals surface area contributed by atoms with Gasteiger partial charge in [0, 0.05) is 36.1 Å². The number of nitrogens with one attached hydrogen (secondary N) is 2. The molecule has 0 spiro atoms. The Hall–Kier alpha value is -3.28. The van der Waals surface area contributed by atoms with Crippen molar-refractivity contribution in [2.24, 2.45) is 7.05 Å². The lowest BCUT2D eigenvalue weighted by Gasteiger charge is -2.13. The van der Waals surface area contributed by atoms with Crippen molar-refractivity contribution in [1.82, 2.24) is 9.88 Å². The maximum absolute atomic E-state index is 12.3. The number of carbonyl (C=O) groups excluding carboxylic acids is 1. The molecule has 0 fully saturated rings. The zero-order chi connectivity index (χ0) is 18.5. The summed E-state index contributed by atoms with van der Waals surface area (Å²) in [6.07, 6.45) is 1.62. The summed E-state index contributed by atoms with van der Waals surface area (Å²) in [6, 6.07) is 14.4. The maximum atomic E-state index is 12.3. The maximum Gasteiger partial charge on any atom is 0.319 e. The first-order valence-electron chi connectivity index (χ1n) is 8.44. The van der Waals surface area contributed by atoms with Gasteiger partial charge in [-0.15, -0.1) is 0 Å². The monoisotopic (exact) mass is 351 g/mol. The minimum absolute atomic E-state index is 0.0998. The van der Waals surface area contributed by atoms with E-state index in [1.165, 1.54) is 4.57 Å². The van der Waals surface area contributed by atoms with Gasteiger partial charge in [-0.2, -0.15) is 0 Å². The Morgan fingerprint density at radius 3 is 2.54 bits per heavy atom. The molecule has 0 atom stereocenters. The molecule has 0 bridgehead atoms. The third-order valence-corrected chi connectivity index (χ3v) is 4.05. The molecule has 0 radical (unpaired) electrons. The first-order valence-corrected chi connectivity index (χ1v) is 8.44. The summed E-state index contributed by atoms with van der Waals surface area (Å²) < 4.78 is 7.03. The zero-order valence-electron chi connectivity index (χ0n) is 14.8. The zero-order valence-corrected chi connectivity index (χ0v) is 14.8. The van der Waals surface area contributed by atoms with E-state index in [4.69, 9.17) is 4.74 Å². The molecular weight excluding hydrogens is 330 g/mol. The molecule has 26 heavy (non-hydrogen) atoms. The number of ether oxygens (including phenoxy) is 1. The molecule has 0 aliphatic heterocycles. The topological polar surface area (TPSA) is 72.4 Å². The number of urea groups is 1. The van der Waals surface area contributed by atoms with E-state index in [9.17, 15) is 9.59 Å². The Labute approximate surface area is 151 Å². The number of pyridine rings is 1. The standard InChI is InChI=1S/C20H21N3O3/c1-3-26-18-11-7-4-8-14(18)12-21-20(25)22-17-13-23(2)19(24)16-10-6-5-9-15(16)17/h4-11,13H,3,12H2,1-2H3,(H2,21,22,25). The third-order valence-electron chi connectivity index (χ3n) is 4.05. The number of fused-ring (bicyclic) bond motifs is 1. The molecule has 0 aliphatic rings. The largest absolute Gasteiger partial charge is 0.494 e. The van der Waals surface area contributed by atoms with Gasteiger partial charge in [0.1, 0.15) is 5.75 Å². The molecular formula is C20H21N3O3. The second kappa shape index (κ2) is 7.74. The van der Waals surface area contributed by atoms with Gasteiger partial charge >= 0.3 is 6.03 Å². The molecule has 3 aromatic rings. The summed E-state index contributed by atoms with van der Waals surface area (Å²) in [5.41, 5.74) is 1.38. The minimum atomic E-state index is -0.347. The molecule has 0 saturated carbocycles. The van der Waals surface area contributed by atoms with Gasteiger partial charge < -0.3 is 19.9 Å². The highest BCUT2D eigenvalue weighted by molar-refractivity contribution is 6.00. The number of amides is 2. The molecule has 2 aromatic carbocycles. The Morgan fingerprint density at radius 1 is 1.08 bits per heavy atom. The lowest BCUT2D eigenvalue weighted by Crippen LogP contribution is -2.29. The van der Waals surface area contributed by atoms with Crippen LogP contribution in [-0.2, 0) is 13.6 Å². The van der Waals surface area contributed by atoms with Crippen molar-refractivity contribution in [2.45, 2.75) is 13.5 Å². The van der Waals surface area contributed by atoms with E-state index in [1.54, 1.807) is 25.4 Å². The van der Waals surface area contributed by atoms with Crippen LogP contribution in [0.2, 0.25) is 0 Å². The van der Waals surface area contributed by atoms with Gasteiger partial charge in [0.05, 0.1) is 12.3 Å². The van der Waals surface area contributed by atoms with Crippen LogP contribution in [0.1, 0.15) is 12.5 Å². The van der Waals surface area contributed by atoms with Gasteiger partial charge in [-0.1, -0.05) is 36.4 Å². The van der Waals surface area contributed by atoms with Crippen molar-refractivity contribution in [3.05, 3.63) is 70.6 Å². The van der Waals surface area contributed by atoms with Crippen LogP contribution in [0.3, 0.4) is 0 Å². The fourth-order valence-electron chi connectivity index (χ4n) is 2.80. The first-order chi connectivity index (χ1) is 12.6. The summed E-state index contributed by atoms with van der Waals surface area (Å²) in [4.78, 5) is 24.5. The Balaban J connectivity index is 1.76. The van der Waals surface area contributed by atoms with Crippen LogP contribution in [0.4, 0.5) is 10.5 Å². The van der Waals surface area contributed by atoms with E-state index in [2.05, 4.69) is 10.6 Å². The van der Waals surface area contributed by atoms with Crippen LogP contribution in [0.25, 0.3) is 10.8 Å². The molecule has 6 heteroatoms. The van der Waals surface area contributed by atoms with Crippen molar-refractivity contribution in [2.75, 3.05) is 11.9 Å². The molecule has 0 saturated heterocycles. The molecule has 0 unspecified atom stereocenters. The summed E-state index contributed by atoms with van der Waals surface area (Å²) in [6.45, 7) is 2.82. The van der Waals surface area contributed by atoms with Crippen molar-refractivity contribution in [3.8, 4) is 5.75 Å². The number of aryl methyl sites for hydroxylation is 1. The van der Waals surface area contributed by atoms with E-state index in [1.807, 2.05) is 43.3 Å². The highest BCUT2D eigenvalue weighted by atomic mass is 16.5. The normalized spacial score (nSPS) is 10.5. The van der Waals surface area contributed by atoms with Crippen LogP contribution in [0, 0.1) is 0 Å². The van der Waals surface area contributed by atoms with Gasteiger partial charge in [0.15, 0.2) is 0 Å². The number of anilines is 1. The summed E-state index contributed by atoms with van der Waals surface area (Å²) in [7, 11) is 1.66. The highest BCUT2D eigenvalue weighted by Gasteiger charge is 2.10. The number of nitrogens with zero attached hydrogens (tertiary/aromatic N) is 1. The van der Waals surface area contributed by atoms with Gasteiger partial charge in [-0.25, -0.2) is 4.79 Å². The summed E-state index contributed by atoms with van der Waals surface area (Å²) in [5, 5.41) is 6.92. The van der Waals surface area contributed by atoms with Crippen molar-refractivity contribution in [3.63, 3.8) is 0 Å². The molecule has 0 aliphatic carbocycles. The predicted molar refractivity (Wildman–Crippen MR) is 103 cm³/mol. The molecule has 2 N–H and O–H groups in total. The van der Waals surface area contributed by atoms with Crippen LogP contribution >= 0.6 is 0 Å². The Morgan fingerprint density at radius 2 is 1.77 bits per heavy atom. The third kappa shape index (κ3) is 3.69.